The molecule has 2 N–H and O–H groups in total. The first-order valence-corrected chi connectivity index (χ1v) is 5.81. The molecule has 1 atom stereocenters. The van der Waals surface area contributed by atoms with Gasteiger partial charge in [0.1, 0.15) is 0 Å². The summed E-state index contributed by atoms with van der Waals surface area (Å²) in [5.74, 6) is 0. The van der Waals surface area contributed by atoms with Crippen LogP contribution in [0.5, 0.6) is 0 Å². The van der Waals surface area contributed by atoms with E-state index in [0.717, 1.165) is 10.2 Å². The maximum atomic E-state index is 5.97. The van der Waals surface area contributed by atoms with Gasteiger partial charge in [-0.2, -0.15) is 0 Å². The van der Waals surface area contributed by atoms with E-state index in [-0.39, 0.29) is 6.04 Å². The molecule has 0 radical (unpaired) electrons. The molecule has 0 saturated carbocycles. The van der Waals surface area contributed by atoms with Gasteiger partial charge >= 0.3 is 0 Å². The van der Waals surface area contributed by atoms with Gasteiger partial charge in [-0.15, -0.1) is 0 Å². The Morgan fingerprint density at radius 2 is 2.07 bits per heavy atom. The molecule has 0 aliphatic heterocycles. The second-order valence-corrected chi connectivity index (χ2v) is 4.86. The van der Waals surface area contributed by atoms with Crippen molar-refractivity contribution >= 4 is 26.8 Å². The van der Waals surface area contributed by atoms with E-state index in [1.165, 1.54) is 16.5 Å². The minimum absolute atomic E-state index is 0.0390. The van der Waals surface area contributed by atoms with E-state index in [2.05, 4.69) is 52.7 Å². The predicted octanol–water partition coefficient (Wildman–Crippen LogP) is 3.27. The maximum Gasteiger partial charge on any atom is 0.0494 e. The lowest BCUT2D eigenvalue weighted by atomic mass is 10.1. The maximum absolute atomic E-state index is 5.97. The second-order valence-electron chi connectivity index (χ2n) is 4.07. The molecule has 0 fully saturated rings. The van der Waals surface area contributed by atoms with Crippen molar-refractivity contribution in [3.8, 4) is 0 Å². The first-order valence-electron chi connectivity index (χ1n) is 5.02. The number of aromatic nitrogens is 1. The number of nitrogens with zero attached hydrogens (tertiary/aromatic N) is 1. The molecule has 0 aliphatic carbocycles. The van der Waals surface area contributed by atoms with Crippen LogP contribution >= 0.6 is 15.9 Å². The number of hydrogen-bond donors (Lipinski definition) is 1. The number of aryl methyl sites for hydroxylation is 2. The highest BCUT2D eigenvalue weighted by Crippen LogP contribution is 2.33. The first kappa shape index (κ1) is 10.7. The van der Waals surface area contributed by atoms with E-state index < -0.39 is 0 Å². The third-order valence-corrected chi connectivity index (χ3v) is 3.60. The Hall–Kier alpha value is -0.800. The molecule has 0 aliphatic rings. The van der Waals surface area contributed by atoms with Crippen molar-refractivity contribution in [1.29, 1.82) is 0 Å². The van der Waals surface area contributed by atoms with Crippen LogP contribution in [0, 0.1) is 6.92 Å². The van der Waals surface area contributed by atoms with Gasteiger partial charge in [0.05, 0.1) is 0 Å². The Bertz CT molecular complexity index is 512. The van der Waals surface area contributed by atoms with Gasteiger partial charge in [-0.05, 0) is 41.9 Å². The Balaban J connectivity index is 2.85. The van der Waals surface area contributed by atoms with Gasteiger partial charge in [0.25, 0.3) is 0 Å². The average molecular weight is 267 g/mol. The smallest absolute Gasteiger partial charge is 0.0494 e. The first-order chi connectivity index (χ1) is 7.02. The van der Waals surface area contributed by atoms with Crippen LogP contribution in [0.4, 0.5) is 0 Å². The molecule has 0 bridgehead atoms. The summed E-state index contributed by atoms with van der Waals surface area (Å²) in [4.78, 5) is 0. The van der Waals surface area contributed by atoms with Crippen LogP contribution in [0.2, 0.25) is 0 Å². The van der Waals surface area contributed by atoms with E-state index in [0.29, 0.717) is 0 Å². The Kier molecular flexibility index (Phi) is 2.61. The molecule has 2 aromatic rings. The second kappa shape index (κ2) is 3.65. The standard InChI is InChI=1S/C12H15BrN2/c1-7-4-5-10-9(6-7)11(13)12(8(2)14)15(10)3/h4-6,8H,14H2,1-3H3. The van der Waals surface area contributed by atoms with Gasteiger partial charge in [0, 0.05) is 34.2 Å². The quantitative estimate of drug-likeness (QED) is 0.844. The Morgan fingerprint density at radius 3 is 2.67 bits per heavy atom. The number of fused-ring (bicyclic) bond motifs is 1. The molecule has 1 aromatic carbocycles. The number of halogens is 1. The van der Waals surface area contributed by atoms with Crippen LogP contribution in [0.3, 0.4) is 0 Å². The lowest BCUT2D eigenvalue weighted by molar-refractivity contribution is 0.722. The largest absolute Gasteiger partial charge is 0.345 e. The number of hydrogen-bond acceptors (Lipinski definition) is 1. The van der Waals surface area contributed by atoms with E-state index in [1.807, 2.05) is 6.92 Å². The SMILES string of the molecule is Cc1ccc2c(c1)c(Br)c(C(C)N)n2C. The lowest BCUT2D eigenvalue weighted by Gasteiger charge is -2.08. The average Bonchev–Trinajstić information content (AvgIpc) is 2.39. The molecule has 15 heavy (non-hydrogen) atoms. The molecule has 1 unspecified atom stereocenters. The van der Waals surface area contributed by atoms with Gasteiger partial charge in [0.15, 0.2) is 0 Å². The molecule has 80 valence electrons. The van der Waals surface area contributed by atoms with Crippen molar-refractivity contribution in [2.45, 2.75) is 19.9 Å². The topological polar surface area (TPSA) is 30.9 Å². The third kappa shape index (κ3) is 1.60. The van der Waals surface area contributed by atoms with E-state index in [9.17, 15) is 0 Å². The van der Waals surface area contributed by atoms with Gasteiger partial charge < -0.3 is 10.3 Å². The summed E-state index contributed by atoms with van der Waals surface area (Å²) in [7, 11) is 2.06. The van der Waals surface area contributed by atoms with Crippen molar-refractivity contribution in [2.24, 2.45) is 12.8 Å². The van der Waals surface area contributed by atoms with Crippen LogP contribution in [0.15, 0.2) is 22.7 Å². The summed E-state index contributed by atoms with van der Waals surface area (Å²) in [5.41, 5.74) is 9.61. The highest BCUT2D eigenvalue weighted by Gasteiger charge is 2.15. The van der Waals surface area contributed by atoms with Crippen LogP contribution in [0.25, 0.3) is 10.9 Å². The molecular formula is C12H15BrN2. The zero-order chi connectivity index (χ0) is 11.2. The minimum Gasteiger partial charge on any atom is -0.345 e. The van der Waals surface area contributed by atoms with E-state index in [4.69, 9.17) is 5.73 Å². The molecule has 0 saturated heterocycles. The van der Waals surface area contributed by atoms with E-state index in [1.54, 1.807) is 0 Å². The molecule has 1 heterocycles. The summed E-state index contributed by atoms with van der Waals surface area (Å²) in [6.45, 7) is 4.11. The Labute approximate surface area is 98.2 Å². The zero-order valence-electron chi connectivity index (χ0n) is 9.21. The molecule has 0 amide bonds. The van der Waals surface area contributed by atoms with Crippen molar-refractivity contribution in [3.63, 3.8) is 0 Å². The molecule has 1 aromatic heterocycles. The zero-order valence-corrected chi connectivity index (χ0v) is 10.8. The highest BCUT2D eigenvalue weighted by molar-refractivity contribution is 9.10. The summed E-state index contributed by atoms with van der Waals surface area (Å²) >= 11 is 3.64. The predicted molar refractivity (Wildman–Crippen MR) is 68.0 cm³/mol. The van der Waals surface area contributed by atoms with E-state index >= 15 is 0 Å². The van der Waals surface area contributed by atoms with Crippen LogP contribution < -0.4 is 5.73 Å². The van der Waals surface area contributed by atoms with Crippen molar-refractivity contribution in [3.05, 3.63) is 33.9 Å². The van der Waals surface area contributed by atoms with Crippen LogP contribution in [-0.2, 0) is 7.05 Å². The monoisotopic (exact) mass is 266 g/mol. The molecule has 2 nitrogen and oxygen atoms in total. The highest BCUT2D eigenvalue weighted by atomic mass is 79.9. The summed E-state index contributed by atoms with van der Waals surface area (Å²) < 4.78 is 3.28. The number of benzene rings is 1. The van der Waals surface area contributed by atoms with Crippen LogP contribution in [-0.4, -0.2) is 4.57 Å². The lowest BCUT2D eigenvalue weighted by Crippen LogP contribution is -2.10. The van der Waals surface area contributed by atoms with Crippen molar-refractivity contribution in [1.82, 2.24) is 4.57 Å². The fourth-order valence-corrected chi connectivity index (χ4v) is 2.98. The third-order valence-electron chi connectivity index (χ3n) is 2.77. The van der Waals surface area contributed by atoms with Gasteiger partial charge in [-0.1, -0.05) is 11.6 Å². The summed E-state index contributed by atoms with van der Waals surface area (Å²) in [5, 5.41) is 1.24. The minimum atomic E-state index is 0.0390. The van der Waals surface area contributed by atoms with Crippen LogP contribution in [0.1, 0.15) is 24.2 Å². The fourth-order valence-electron chi connectivity index (χ4n) is 2.04. The molecular weight excluding hydrogens is 252 g/mol. The number of nitrogens with two attached hydrogens (primary N) is 1. The molecule has 2 rings (SSSR count). The molecule has 3 heteroatoms. The van der Waals surface area contributed by atoms with Crippen molar-refractivity contribution in [2.75, 3.05) is 0 Å². The molecule has 0 spiro atoms. The van der Waals surface area contributed by atoms with Crippen molar-refractivity contribution < 1.29 is 0 Å². The fraction of sp³-hybridized carbons (Fsp3) is 0.333. The normalized spacial score (nSPS) is 13.4. The van der Waals surface area contributed by atoms with Gasteiger partial charge in [-0.3, -0.25) is 0 Å². The van der Waals surface area contributed by atoms with Gasteiger partial charge in [-0.25, -0.2) is 0 Å². The Morgan fingerprint density at radius 1 is 1.40 bits per heavy atom. The number of rotatable bonds is 1. The summed E-state index contributed by atoms with van der Waals surface area (Å²) in [6, 6.07) is 6.49. The summed E-state index contributed by atoms with van der Waals surface area (Å²) in [6.07, 6.45) is 0. The van der Waals surface area contributed by atoms with Gasteiger partial charge in [0.2, 0.25) is 0 Å².